The first kappa shape index (κ1) is 8.54. The van der Waals surface area contributed by atoms with Crippen LogP contribution in [0.5, 0.6) is 0 Å². The number of H-pyrrole nitrogens is 1. The molecule has 1 heterocycles. The molecule has 1 amide bonds. The van der Waals surface area contributed by atoms with Crippen molar-refractivity contribution in [1.82, 2.24) is 9.78 Å². The lowest BCUT2D eigenvalue weighted by atomic mass is 10.4. The molecular weight excluding hydrogens is 162 g/mol. The smallest absolute Gasteiger partial charge is 0.267 e. The van der Waals surface area contributed by atoms with Gasteiger partial charge in [-0.25, -0.2) is 0 Å². The normalized spacial score (nSPS) is 10.1. The molecule has 1 aromatic rings. The van der Waals surface area contributed by atoms with E-state index in [1.54, 1.807) is 0 Å². The predicted octanol–water partition coefficient (Wildman–Crippen LogP) is -1.73. The molecule has 1 rings (SSSR count). The van der Waals surface area contributed by atoms with Gasteiger partial charge in [0.1, 0.15) is 5.69 Å². The van der Waals surface area contributed by atoms with Gasteiger partial charge in [0.2, 0.25) is 0 Å². The number of hydrogen-bond acceptors (Lipinski definition) is 3. The van der Waals surface area contributed by atoms with Crippen LogP contribution in [0.15, 0.2) is 10.9 Å². The van der Waals surface area contributed by atoms with Crippen molar-refractivity contribution in [2.24, 2.45) is 5.73 Å². The van der Waals surface area contributed by atoms with E-state index in [9.17, 15) is 9.59 Å². The van der Waals surface area contributed by atoms with Crippen LogP contribution in [0.25, 0.3) is 0 Å². The van der Waals surface area contributed by atoms with Crippen LogP contribution >= 0.6 is 0 Å². The number of aliphatic hydroxyl groups excluding tert-OH is 1. The summed E-state index contributed by atoms with van der Waals surface area (Å²) in [6.07, 6.45) is 0. The van der Waals surface area contributed by atoms with Gasteiger partial charge in [-0.3, -0.25) is 19.4 Å². The second kappa shape index (κ2) is 3.22. The summed E-state index contributed by atoms with van der Waals surface area (Å²) in [7, 11) is 0. The molecule has 0 fully saturated rings. The highest BCUT2D eigenvalue weighted by atomic mass is 16.3. The molecule has 66 valence electrons. The summed E-state index contributed by atoms with van der Waals surface area (Å²) in [5.74, 6) is -0.691. The first-order valence-electron chi connectivity index (χ1n) is 3.35. The number of aliphatic hydroxyl groups is 1. The van der Waals surface area contributed by atoms with Crippen LogP contribution in [0.1, 0.15) is 10.5 Å². The summed E-state index contributed by atoms with van der Waals surface area (Å²) in [6.45, 7) is -0.0370. The van der Waals surface area contributed by atoms with Crippen molar-refractivity contribution in [3.05, 3.63) is 22.1 Å². The van der Waals surface area contributed by atoms with Crippen molar-refractivity contribution in [2.75, 3.05) is 6.61 Å². The van der Waals surface area contributed by atoms with E-state index in [0.717, 1.165) is 10.7 Å². The minimum absolute atomic E-state index is 0.0495. The molecule has 0 radical (unpaired) electrons. The Hall–Kier alpha value is -1.56. The Morgan fingerprint density at radius 2 is 2.42 bits per heavy atom. The fraction of sp³-hybridized carbons (Fsp3) is 0.333. The number of carbonyl (C=O) groups excluding carboxylic acids is 1. The molecule has 6 heteroatoms. The molecule has 1 aromatic heterocycles. The molecule has 12 heavy (non-hydrogen) atoms. The van der Waals surface area contributed by atoms with Crippen molar-refractivity contribution < 1.29 is 9.90 Å². The summed E-state index contributed by atoms with van der Waals surface area (Å²) in [5.41, 5.74) is 4.58. The zero-order chi connectivity index (χ0) is 9.14. The number of nitrogens with two attached hydrogens (primary N) is 1. The molecule has 0 aliphatic carbocycles. The summed E-state index contributed by atoms with van der Waals surface area (Å²) in [6, 6.07) is 1.10. The summed E-state index contributed by atoms with van der Waals surface area (Å²) in [5, 5.41) is 10.9. The van der Waals surface area contributed by atoms with Gasteiger partial charge >= 0.3 is 0 Å². The number of nitrogens with one attached hydrogen (secondary N) is 1. The number of primary amides is 1. The Morgan fingerprint density at radius 3 is 2.83 bits per heavy atom. The lowest BCUT2D eigenvalue weighted by molar-refractivity contribution is 0.0994. The highest BCUT2D eigenvalue weighted by molar-refractivity contribution is 5.90. The number of aromatic amines is 1. The van der Waals surface area contributed by atoms with E-state index in [0.29, 0.717) is 0 Å². The largest absolute Gasteiger partial charge is 0.394 e. The monoisotopic (exact) mass is 171 g/mol. The van der Waals surface area contributed by atoms with Gasteiger partial charge in [0, 0.05) is 6.07 Å². The number of rotatable bonds is 3. The number of amides is 1. The first-order chi connectivity index (χ1) is 5.65. The molecule has 0 aliphatic heterocycles. The van der Waals surface area contributed by atoms with E-state index in [1.165, 1.54) is 0 Å². The minimum Gasteiger partial charge on any atom is -0.394 e. The van der Waals surface area contributed by atoms with Crippen molar-refractivity contribution in [1.29, 1.82) is 0 Å². The number of hydrogen-bond donors (Lipinski definition) is 3. The average molecular weight is 171 g/mol. The molecule has 0 unspecified atom stereocenters. The van der Waals surface area contributed by atoms with Gasteiger partial charge in [0.25, 0.3) is 11.5 Å². The Kier molecular flexibility index (Phi) is 2.29. The van der Waals surface area contributed by atoms with Gasteiger partial charge in [-0.05, 0) is 0 Å². The van der Waals surface area contributed by atoms with E-state index in [1.807, 2.05) is 0 Å². The maximum absolute atomic E-state index is 10.9. The quantitative estimate of drug-likeness (QED) is 0.503. The fourth-order valence-electron chi connectivity index (χ4n) is 0.826. The number of nitrogens with zero attached hydrogens (tertiary/aromatic N) is 1. The topological polar surface area (TPSA) is 101 Å². The lowest BCUT2D eigenvalue weighted by Crippen LogP contribution is -2.18. The molecule has 6 nitrogen and oxygen atoms in total. The van der Waals surface area contributed by atoms with Crippen molar-refractivity contribution in [3.63, 3.8) is 0 Å². The highest BCUT2D eigenvalue weighted by Crippen LogP contribution is 1.87. The Bertz CT molecular complexity index is 338. The van der Waals surface area contributed by atoms with Crippen molar-refractivity contribution >= 4 is 5.91 Å². The van der Waals surface area contributed by atoms with Crippen LogP contribution in [-0.4, -0.2) is 27.4 Å². The number of aromatic nitrogens is 2. The highest BCUT2D eigenvalue weighted by Gasteiger charge is 2.05. The maximum Gasteiger partial charge on any atom is 0.267 e. The van der Waals surface area contributed by atoms with Crippen LogP contribution in [0, 0.1) is 0 Å². The molecule has 0 aromatic carbocycles. The Labute approximate surface area is 67.6 Å². The summed E-state index contributed by atoms with van der Waals surface area (Å²) in [4.78, 5) is 21.5. The second-order valence-electron chi connectivity index (χ2n) is 2.25. The lowest BCUT2D eigenvalue weighted by Gasteiger charge is -1.95. The van der Waals surface area contributed by atoms with Crippen LogP contribution in [0.4, 0.5) is 0 Å². The minimum atomic E-state index is -0.691. The van der Waals surface area contributed by atoms with E-state index in [-0.39, 0.29) is 24.4 Å². The third kappa shape index (κ3) is 1.54. The summed E-state index contributed by atoms with van der Waals surface area (Å²) < 4.78 is 1.11. The Balaban J connectivity index is 3.00. The van der Waals surface area contributed by atoms with E-state index < -0.39 is 5.91 Å². The van der Waals surface area contributed by atoms with Crippen molar-refractivity contribution in [3.8, 4) is 0 Å². The molecule has 0 saturated heterocycles. The Morgan fingerprint density at radius 1 is 1.75 bits per heavy atom. The molecule has 0 aliphatic rings. The molecule has 0 atom stereocenters. The first-order valence-corrected chi connectivity index (χ1v) is 3.35. The second-order valence-corrected chi connectivity index (χ2v) is 2.25. The predicted molar refractivity (Wildman–Crippen MR) is 40.7 cm³/mol. The van der Waals surface area contributed by atoms with E-state index in [2.05, 4.69) is 5.10 Å². The van der Waals surface area contributed by atoms with Crippen LogP contribution in [0.2, 0.25) is 0 Å². The van der Waals surface area contributed by atoms with Gasteiger partial charge < -0.3 is 10.8 Å². The molecular formula is C6H9N3O3. The standard InChI is InChI=1S/C6H9N3O3/c7-6(12)4-3-5(11)9(8-4)1-2-10/h3,8,10H,1-2H2,(H2,7,12). The van der Waals surface area contributed by atoms with Crippen LogP contribution < -0.4 is 11.3 Å². The zero-order valence-corrected chi connectivity index (χ0v) is 6.28. The van der Waals surface area contributed by atoms with Gasteiger partial charge in [0.15, 0.2) is 0 Å². The SMILES string of the molecule is NC(=O)c1cc(=O)n(CCO)[nH]1. The van der Waals surface area contributed by atoms with Crippen LogP contribution in [0.3, 0.4) is 0 Å². The number of carbonyl (C=O) groups is 1. The van der Waals surface area contributed by atoms with E-state index in [4.69, 9.17) is 10.8 Å². The van der Waals surface area contributed by atoms with Gasteiger partial charge in [0.05, 0.1) is 13.2 Å². The average Bonchev–Trinajstić information content (AvgIpc) is 2.34. The molecule has 0 spiro atoms. The maximum atomic E-state index is 10.9. The summed E-state index contributed by atoms with van der Waals surface area (Å²) >= 11 is 0. The zero-order valence-electron chi connectivity index (χ0n) is 6.28. The van der Waals surface area contributed by atoms with Gasteiger partial charge in [-0.2, -0.15) is 0 Å². The third-order valence-corrected chi connectivity index (χ3v) is 1.38. The fourth-order valence-corrected chi connectivity index (χ4v) is 0.826. The molecule has 0 bridgehead atoms. The van der Waals surface area contributed by atoms with Crippen molar-refractivity contribution in [2.45, 2.75) is 6.54 Å². The van der Waals surface area contributed by atoms with E-state index >= 15 is 0 Å². The van der Waals surface area contributed by atoms with Crippen LogP contribution in [-0.2, 0) is 6.54 Å². The molecule has 4 N–H and O–H groups in total. The van der Waals surface area contributed by atoms with Gasteiger partial charge in [-0.15, -0.1) is 0 Å². The molecule has 0 saturated carbocycles. The van der Waals surface area contributed by atoms with Gasteiger partial charge in [-0.1, -0.05) is 0 Å². The third-order valence-electron chi connectivity index (χ3n) is 1.38.